The van der Waals surface area contributed by atoms with E-state index in [1.54, 1.807) is 6.07 Å². The number of rotatable bonds is 4. The Hall–Kier alpha value is -0.280. The molecule has 1 aliphatic heterocycles. The fraction of sp³-hybridized carbons (Fsp3) is 0.600. The predicted molar refractivity (Wildman–Crippen MR) is 82.9 cm³/mol. The largest absolute Gasteiger partial charge is 0.322 e. The maximum absolute atomic E-state index is 6.55. The fourth-order valence-electron chi connectivity index (χ4n) is 2.96. The smallest absolute Gasteiger partial charge is 0.0640 e. The van der Waals surface area contributed by atoms with Gasteiger partial charge in [-0.25, -0.2) is 0 Å². The molecular formula is C15H22Cl2N2. The lowest BCUT2D eigenvalue weighted by Crippen LogP contribution is -2.51. The predicted octanol–water partition coefficient (Wildman–Crippen LogP) is 4.26. The quantitative estimate of drug-likeness (QED) is 0.900. The molecule has 0 spiro atoms. The molecule has 1 heterocycles. The minimum Gasteiger partial charge on any atom is -0.322 e. The Morgan fingerprint density at radius 1 is 1.32 bits per heavy atom. The lowest BCUT2D eigenvalue weighted by molar-refractivity contribution is 0.100. The Morgan fingerprint density at radius 2 is 1.95 bits per heavy atom. The van der Waals surface area contributed by atoms with Gasteiger partial charge in [0.05, 0.1) is 10.0 Å². The van der Waals surface area contributed by atoms with E-state index in [0.29, 0.717) is 10.0 Å². The van der Waals surface area contributed by atoms with Crippen molar-refractivity contribution < 1.29 is 0 Å². The maximum atomic E-state index is 6.55. The van der Waals surface area contributed by atoms with Crippen LogP contribution in [0, 0.1) is 0 Å². The molecule has 2 atom stereocenters. The summed E-state index contributed by atoms with van der Waals surface area (Å²) >= 11 is 12.4. The van der Waals surface area contributed by atoms with E-state index in [2.05, 4.69) is 18.7 Å². The van der Waals surface area contributed by atoms with Crippen molar-refractivity contribution in [1.29, 1.82) is 0 Å². The van der Waals surface area contributed by atoms with Crippen LogP contribution in [0.2, 0.25) is 10.0 Å². The molecule has 1 fully saturated rings. The van der Waals surface area contributed by atoms with Gasteiger partial charge in [-0.05, 0) is 50.9 Å². The summed E-state index contributed by atoms with van der Waals surface area (Å²) < 4.78 is 0. The van der Waals surface area contributed by atoms with Crippen LogP contribution in [-0.4, -0.2) is 23.5 Å². The molecule has 1 saturated heterocycles. The van der Waals surface area contributed by atoms with Gasteiger partial charge in [0.25, 0.3) is 0 Å². The van der Waals surface area contributed by atoms with Crippen molar-refractivity contribution in [2.75, 3.05) is 13.1 Å². The van der Waals surface area contributed by atoms with Gasteiger partial charge in [0.15, 0.2) is 0 Å². The van der Waals surface area contributed by atoms with E-state index in [9.17, 15) is 0 Å². The third-order valence-electron chi connectivity index (χ3n) is 4.53. The molecular weight excluding hydrogens is 279 g/mol. The number of hydrogen-bond donors (Lipinski definition) is 1. The van der Waals surface area contributed by atoms with E-state index in [0.717, 1.165) is 25.1 Å². The van der Waals surface area contributed by atoms with Crippen LogP contribution in [-0.2, 0) is 0 Å². The van der Waals surface area contributed by atoms with Gasteiger partial charge < -0.3 is 5.73 Å². The van der Waals surface area contributed by atoms with Crippen LogP contribution in [0.3, 0.4) is 0 Å². The minimum absolute atomic E-state index is 0.0647. The van der Waals surface area contributed by atoms with Gasteiger partial charge in [-0.1, -0.05) is 42.3 Å². The molecule has 1 aliphatic rings. The van der Waals surface area contributed by atoms with E-state index >= 15 is 0 Å². The lowest BCUT2D eigenvalue weighted by atomic mass is 9.83. The molecule has 0 aromatic heterocycles. The van der Waals surface area contributed by atoms with Crippen LogP contribution in [0.25, 0.3) is 0 Å². The Bertz CT molecular complexity index is 444. The zero-order chi connectivity index (χ0) is 14.0. The molecule has 2 unspecified atom stereocenters. The van der Waals surface area contributed by atoms with Crippen molar-refractivity contribution in [1.82, 2.24) is 4.90 Å². The van der Waals surface area contributed by atoms with Crippen molar-refractivity contribution in [3.05, 3.63) is 33.8 Å². The van der Waals surface area contributed by atoms with Crippen LogP contribution in [0.4, 0.5) is 0 Å². The highest BCUT2D eigenvalue weighted by Gasteiger charge is 2.39. The Balaban J connectivity index is 2.34. The zero-order valence-electron chi connectivity index (χ0n) is 11.6. The highest BCUT2D eigenvalue weighted by Crippen LogP contribution is 2.39. The van der Waals surface area contributed by atoms with E-state index in [1.165, 1.54) is 12.8 Å². The van der Waals surface area contributed by atoms with Gasteiger partial charge in [0.2, 0.25) is 0 Å². The summed E-state index contributed by atoms with van der Waals surface area (Å²) in [6, 6.07) is 5.59. The average Bonchev–Trinajstić information content (AvgIpc) is 2.94. The summed E-state index contributed by atoms with van der Waals surface area (Å²) in [4.78, 5) is 2.49. The molecule has 1 aromatic carbocycles. The second kappa shape index (κ2) is 6.01. The van der Waals surface area contributed by atoms with Crippen LogP contribution < -0.4 is 5.73 Å². The second-order valence-corrected chi connectivity index (χ2v) is 6.31. The van der Waals surface area contributed by atoms with Gasteiger partial charge in [-0.15, -0.1) is 0 Å². The lowest BCUT2D eigenvalue weighted by Gasteiger charge is -2.43. The van der Waals surface area contributed by atoms with Crippen molar-refractivity contribution in [2.24, 2.45) is 5.73 Å². The third-order valence-corrected chi connectivity index (χ3v) is 5.36. The van der Waals surface area contributed by atoms with Crippen LogP contribution in [0.1, 0.15) is 44.7 Å². The summed E-state index contributed by atoms with van der Waals surface area (Å²) in [6.45, 7) is 6.67. The van der Waals surface area contributed by atoms with Gasteiger partial charge in [0.1, 0.15) is 0 Å². The van der Waals surface area contributed by atoms with Crippen LogP contribution in [0.5, 0.6) is 0 Å². The first-order valence-corrected chi connectivity index (χ1v) is 7.71. The molecule has 0 bridgehead atoms. The molecule has 0 radical (unpaired) electrons. The van der Waals surface area contributed by atoms with E-state index in [4.69, 9.17) is 28.9 Å². The van der Waals surface area contributed by atoms with Gasteiger partial charge in [-0.2, -0.15) is 0 Å². The van der Waals surface area contributed by atoms with E-state index < -0.39 is 0 Å². The first-order valence-electron chi connectivity index (χ1n) is 6.95. The number of benzene rings is 1. The molecule has 0 amide bonds. The maximum Gasteiger partial charge on any atom is 0.0640 e. The van der Waals surface area contributed by atoms with Crippen molar-refractivity contribution in [3.63, 3.8) is 0 Å². The molecule has 19 heavy (non-hydrogen) atoms. The standard InChI is InChI=1S/C15H22Cl2N2/c1-3-15(2,19-9-4-5-10-19)14(18)11-7-6-8-12(16)13(11)17/h6-8,14H,3-5,9-10,18H2,1-2H3. The first kappa shape index (κ1) is 15.1. The molecule has 1 aromatic rings. The summed E-state index contributed by atoms with van der Waals surface area (Å²) in [5, 5.41) is 1.17. The van der Waals surface area contributed by atoms with Gasteiger partial charge in [-0.3, -0.25) is 4.90 Å². The van der Waals surface area contributed by atoms with E-state index in [-0.39, 0.29) is 11.6 Å². The van der Waals surface area contributed by atoms with Crippen molar-refractivity contribution in [3.8, 4) is 0 Å². The summed E-state index contributed by atoms with van der Waals surface area (Å²) in [5.41, 5.74) is 7.43. The highest BCUT2D eigenvalue weighted by atomic mass is 35.5. The molecule has 106 valence electrons. The fourth-order valence-corrected chi connectivity index (χ4v) is 3.39. The summed E-state index contributed by atoms with van der Waals surface area (Å²) in [5.74, 6) is 0. The van der Waals surface area contributed by atoms with Crippen molar-refractivity contribution in [2.45, 2.75) is 44.7 Å². The monoisotopic (exact) mass is 300 g/mol. The highest BCUT2D eigenvalue weighted by molar-refractivity contribution is 6.42. The molecule has 2 N–H and O–H groups in total. The third kappa shape index (κ3) is 2.78. The molecule has 0 aliphatic carbocycles. The number of hydrogen-bond acceptors (Lipinski definition) is 2. The number of nitrogens with two attached hydrogens (primary N) is 1. The SMILES string of the molecule is CCC(C)(C(N)c1cccc(Cl)c1Cl)N1CCCC1. The Labute approximate surface area is 125 Å². The number of nitrogens with zero attached hydrogens (tertiary/aromatic N) is 1. The van der Waals surface area contributed by atoms with Crippen LogP contribution in [0.15, 0.2) is 18.2 Å². The molecule has 2 rings (SSSR count). The van der Waals surface area contributed by atoms with Gasteiger partial charge in [0, 0.05) is 11.6 Å². The Morgan fingerprint density at radius 3 is 2.53 bits per heavy atom. The van der Waals surface area contributed by atoms with Crippen molar-refractivity contribution >= 4 is 23.2 Å². The normalized spacial score (nSPS) is 21.3. The summed E-state index contributed by atoms with van der Waals surface area (Å²) in [7, 11) is 0. The average molecular weight is 301 g/mol. The number of halogens is 2. The zero-order valence-corrected chi connectivity index (χ0v) is 13.1. The first-order chi connectivity index (χ1) is 9.00. The molecule has 0 saturated carbocycles. The summed E-state index contributed by atoms with van der Waals surface area (Å²) in [6.07, 6.45) is 3.51. The van der Waals surface area contributed by atoms with E-state index in [1.807, 2.05) is 12.1 Å². The van der Waals surface area contributed by atoms with Crippen LogP contribution >= 0.6 is 23.2 Å². The number of likely N-dealkylation sites (tertiary alicyclic amines) is 1. The second-order valence-electron chi connectivity index (χ2n) is 5.53. The molecule has 4 heteroatoms. The Kier molecular flexibility index (Phi) is 4.78. The molecule has 2 nitrogen and oxygen atoms in total. The van der Waals surface area contributed by atoms with Gasteiger partial charge >= 0.3 is 0 Å². The minimum atomic E-state index is -0.123. The topological polar surface area (TPSA) is 29.3 Å².